The molecule has 0 aliphatic carbocycles. The van der Waals surface area contributed by atoms with E-state index >= 15 is 0 Å². The van der Waals surface area contributed by atoms with E-state index in [1.807, 2.05) is 30.3 Å². The summed E-state index contributed by atoms with van der Waals surface area (Å²) in [5.41, 5.74) is 2.19. The van der Waals surface area contributed by atoms with E-state index in [2.05, 4.69) is 26.0 Å². The number of rotatable bonds is 5. The van der Waals surface area contributed by atoms with E-state index in [4.69, 9.17) is 4.74 Å². The molecule has 1 atom stereocenters. The second-order valence-electron chi connectivity index (χ2n) is 7.46. The lowest BCUT2D eigenvalue weighted by Crippen LogP contribution is -2.19. The fraction of sp³-hybridized carbons (Fsp3) is 0.381. The lowest BCUT2D eigenvalue weighted by atomic mass is 9.78. The zero-order chi connectivity index (χ0) is 18.8. The zero-order valence-electron chi connectivity index (χ0n) is 15.1. The fourth-order valence-electron chi connectivity index (χ4n) is 3.40. The number of carbonyl (C=O) groups excluding carboxylic acids is 1. The minimum atomic E-state index is -2.97. The molecule has 5 heteroatoms. The highest BCUT2D eigenvalue weighted by Gasteiger charge is 2.30. The molecule has 1 saturated heterocycles. The summed E-state index contributed by atoms with van der Waals surface area (Å²) in [5.74, 6) is 0.259. The maximum Gasteiger partial charge on any atom is 0.311 e. The van der Waals surface area contributed by atoms with E-state index in [0.717, 1.165) is 5.56 Å². The molecule has 0 saturated carbocycles. The van der Waals surface area contributed by atoms with Crippen molar-refractivity contribution in [1.82, 2.24) is 0 Å². The van der Waals surface area contributed by atoms with Crippen molar-refractivity contribution in [3.63, 3.8) is 0 Å². The summed E-state index contributed by atoms with van der Waals surface area (Å²) in [5, 5.41) is 0. The smallest absolute Gasteiger partial charge is 0.311 e. The fourth-order valence-corrected chi connectivity index (χ4v) is 5.26. The van der Waals surface area contributed by atoms with Crippen LogP contribution in [0.2, 0.25) is 0 Å². The zero-order valence-corrected chi connectivity index (χ0v) is 16.0. The third-order valence-electron chi connectivity index (χ3n) is 5.09. The van der Waals surface area contributed by atoms with Crippen LogP contribution >= 0.6 is 0 Å². The van der Waals surface area contributed by atoms with E-state index in [9.17, 15) is 13.2 Å². The Bertz CT molecular complexity index is 868. The lowest BCUT2D eigenvalue weighted by molar-refractivity contribution is -0.135. The summed E-state index contributed by atoms with van der Waals surface area (Å²) in [6, 6.07) is 17.8. The molecule has 4 nitrogen and oxygen atoms in total. The highest BCUT2D eigenvalue weighted by Crippen LogP contribution is 2.32. The number of benzene rings is 2. The quantitative estimate of drug-likeness (QED) is 0.592. The first-order chi connectivity index (χ1) is 12.3. The van der Waals surface area contributed by atoms with Gasteiger partial charge in [-0.1, -0.05) is 56.3 Å². The number of sulfone groups is 1. The van der Waals surface area contributed by atoms with Crippen molar-refractivity contribution in [2.45, 2.75) is 32.1 Å². The first-order valence-electron chi connectivity index (χ1n) is 8.83. The summed E-state index contributed by atoms with van der Waals surface area (Å²) in [6.07, 6.45) is 0.693. The molecule has 1 aliphatic heterocycles. The Morgan fingerprint density at radius 1 is 1.04 bits per heavy atom. The highest BCUT2D eigenvalue weighted by atomic mass is 32.2. The third kappa shape index (κ3) is 4.33. The van der Waals surface area contributed by atoms with E-state index in [0.29, 0.717) is 12.2 Å². The Morgan fingerprint density at radius 3 is 2.23 bits per heavy atom. The average molecular weight is 372 g/mol. The number of ether oxygens (including phenoxy) is 1. The van der Waals surface area contributed by atoms with Crippen LogP contribution in [0.4, 0.5) is 0 Å². The van der Waals surface area contributed by atoms with E-state index in [1.54, 1.807) is 12.1 Å². The summed E-state index contributed by atoms with van der Waals surface area (Å²) < 4.78 is 28.3. The Kier molecular flexibility index (Phi) is 5.19. The van der Waals surface area contributed by atoms with Crippen LogP contribution in [-0.2, 0) is 20.0 Å². The second kappa shape index (κ2) is 7.23. The number of esters is 1. The van der Waals surface area contributed by atoms with Gasteiger partial charge >= 0.3 is 5.97 Å². The van der Waals surface area contributed by atoms with Gasteiger partial charge in [0, 0.05) is 11.8 Å². The van der Waals surface area contributed by atoms with Crippen molar-refractivity contribution in [2.24, 2.45) is 5.92 Å². The van der Waals surface area contributed by atoms with Crippen LogP contribution in [0, 0.1) is 5.92 Å². The van der Waals surface area contributed by atoms with Gasteiger partial charge in [0.05, 0.1) is 11.5 Å². The maximum absolute atomic E-state index is 12.1. The van der Waals surface area contributed by atoms with Crippen LogP contribution < -0.4 is 4.74 Å². The minimum Gasteiger partial charge on any atom is -0.427 e. The molecule has 2 aromatic carbocycles. The van der Waals surface area contributed by atoms with Crippen LogP contribution in [0.1, 0.15) is 37.8 Å². The predicted octanol–water partition coefficient (Wildman–Crippen LogP) is 3.74. The topological polar surface area (TPSA) is 60.4 Å². The Balaban J connectivity index is 1.64. The van der Waals surface area contributed by atoms with Crippen molar-refractivity contribution >= 4 is 15.8 Å². The first kappa shape index (κ1) is 18.6. The predicted molar refractivity (Wildman–Crippen MR) is 102 cm³/mol. The average Bonchev–Trinajstić information content (AvgIpc) is 2.94. The molecule has 3 rings (SSSR count). The van der Waals surface area contributed by atoms with Gasteiger partial charge < -0.3 is 4.74 Å². The molecule has 0 amide bonds. The van der Waals surface area contributed by atoms with Crippen molar-refractivity contribution in [1.29, 1.82) is 0 Å². The summed E-state index contributed by atoms with van der Waals surface area (Å²) in [7, 11) is -2.97. The van der Waals surface area contributed by atoms with Gasteiger partial charge in [0.25, 0.3) is 0 Å². The van der Waals surface area contributed by atoms with Crippen molar-refractivity contribution in [3.05, 3.63) is 65.7 Å². The van der Waals surface area contributed by atoms with Gasteiger partial charge in [0.15, 0.2) is 9.84 Å². The third-order valence-corrected chi connectivity index (χ3v) is 6.92. The largest absolute Gasteiger partial charge is 0.427 e. The summed E-state index contributed by atoms with van der Waals surface area (Å²) in [4.78, 5) is 12.1. The van der Waals surface area contributed by atoms with Gasteiger partial charge in [0.1, 0.15) is 5.75 Å². The number of carbonyl (C=O) groups is 1. The first-order valence-corrected chi connectivity index (χ1v) is 10.7. The van der Waals surface area contributed by atoms with Gasteiger partial charge in [-0.25, -0.2) is 8.42 Å². The number of hydrogen-bond acceptors (Lipinski definition) is 4. The number of hydrogen-bond donors (Lipinski definition) is 0. The van der Waals surface area contributed by atoms with E-state index in [1.165, 1.54) is 5.56 Å². The van der Waals surface area contributed by atoms with Gasteiger partial charge in [0.2, 0.25) is 0 Å². The Morgan fingerprint density at radius 2 is 1.65 bits per heavy atom. The molecule has 26 heavy (non-hydrogen) atoms. The van der Waals surface area contributed by atoms with Crippen molar-refractivity contribution < 1.29 is 17.9 Å². The molecular weight excluding hydrogens is 348 g/mol. The molecule has 0 spiro atoms. The molecule has 1 aliphatic rings. The van der Waals surface area contributed by atoms with Crippen LogP contribution in [0.5, 0.6) is 5.75 Å². The normalized spacial score (nSPS) is 19.2. The molecule has 0 bridgehead atoms. The molecule has 2 aromatic rings. The molecule has 1 unspecified atom stereocenters. The van der Waals surface area contributed by atoms with Gasteiger partial charge in [-0.05, 0) is 35.6 Å². The summed E-state index contributed by atoms with van der Waals surface area (Å²) >= 11 is 0. The second-order valence-corrected chi connectivity index (χ2v) is 9.69. The van der Waals surface area contributed by atoms with Crippen LogP contribution in [0.25, 0.3) is 0 Å². The minimum absolute atomic E-state index is 0.0896. The van der Waals surface area contributed by atoms with Gasteiger partial charge in [-0.2, -0.15) is 0 Å². The highest BCUT2D eigenvalue weighted by molar-refractivity contribution is 7.91. The Labute approximate surface area is 155 Å². The van der Waals surface area contributed by atoms with Crippen molar-refractivity contribution in [2.75, 3.05) is 11.5 Å². The molecular formula is C21H24O4S. The molecule has 1 heterocycles. The van der Waals surface area contributed by atoms with Gasteiger partial charge in [-0.3, -0.25) is 4.79 Å². The van der Waals surface area contributed by atoms with Crippen LogP contribution in [-0.4, -0.2) is 25.9 Å². The van der Waals surface area contributed by atoms with Crippen LogP contribution in [0.15, 0.2) is 54.6 Å². The standard InChI is InChI=1S/C21H24O4S/c1-21(2,17-6-4-3-5-7-17)18-8-10-19(11-9-18)25-20(22)14-16-12-13-26(23,24)15-16/h3-11,16H,12-15H2,1-2H3. The van der Waals surface area contributed by atoms with Crippen molar-refractivity contribution in [3.8, 4) is 5.75 Å². The SMILES string of the molecule is CC(C)(c1ccccc1)c1ccc(OC(=O)CC2CCS(=O)(=O)C2)cc1. The lowest BCUT2D eigenvalue weighted by Gasteiger charge is -2.26. The van der Waals surface area contributed by atoms with E-state index < -0.39 is 9.84 Å². The molecule has 0 radical (unpaired) electrons. The van der Waals surface area contributed by atoms with Crippen LogP contribution in [0.3, 0.4) is 0 Å². The molecule has 0 aromatic heterocycles. The monoisotopic (exact) mass is 372 g/mol. The molecule has 0 N–H and O–H groups in total. The van der Waals surface area contributed by atoms with E-state index in [-0.39, 0.29) is 35.2 Å². The Hall–Kier alpha value is -2.14. The summed E-state index contributed by atoms with van der Waals surface area (Å²) in [6.45, 7) is 4.31. The van der Waals surface area contributed by atoms with Gasteiger partial charge in [-0.15, -0.1) is 0 Å². The molecule has 138 valence electrons. The molecule has 1 fully saturated rings. The maximum atomic E-state index is 12.1.